The lowest BCUT2D eigenvalue weighted by Crippen LogP contribution is -2.07. The highest BCUT2D eigenvalue weighted by Gasteiger charge is 2.12. The summed E-state index contributed by atoms with van der Waals surface area (Å²) in [6, 6.07) is 4.03. The minimum absolute atomic E-state index is 0.415. The van der Waals surface area contributed by atoms with E-state index >= 15 is 0 Å². The number of rotatable bonds is 2. The Morgan fingerprint density at radius 1 is 1.25 bits per heavy atom. The van der Waals surface area contributed by atoms with Gasteiger partial charge >= 0.3 is 0 Å². The lowest BCUT2D eigenvalue weighted by atomic mass is 10.1. The highest BCUT2D eigenvalue weighted by atomic mass is 79.9. The van der Waals surface area contributed by atoms with Gasteiger partial charge in [0.25, 0.3) is 0 Å². The molecule has 1 heterocycles. The third-order valence-corrected chi connectivity index (χ3v) is 2.77. The zero-order valence-electron chi connectivity index (χ0n) is 7.58. The molecule has 2 unspecified atom stereocenters. The molecule has 0 spiro atoms. The standard InChI is InChI=1S/C9H13BrN2/c1-6-4-5-9(12-11-6)7(2)8(3)10/h4-5,7-8H,1-3H3. The maximum atomic E-state index is 4.12. The number of aromatic nitrogens is 2. The molecule has 0 fully saturated rings. The zero-order valence-corrected chi connectivity index (χ0v) is 9.17. The monoisotopic (exact) mass is 228 g/mol. The van der Waals surface area contributed by atoms with E-state index in [2.05, 4.69) is 40.0 Å². The molecule has 1 rings (SSSR count). The molecule has 0 aliphatic carbocycles. The van der Waals surface area contributed by atoms with Crippen molar-refractivity contribution in [1.82, 2.24) is 10.2 Å². The van der Waals surface area contributed by atoms with Crippen molar-refractivity contribution < 1.29 is 0 Å². The van der Waals surface area contributed by atoms with Gasteiger partial charge in [0.1, 0.15) is 0 Å². The van der Waals surface area contributed by atoms with E-state index in [-0.39, 0.29) is 0 Å². The van der Waals surface area contributed by atoms with Crippen molar-refractivity contribution in [3.8, 4) is 0 Å². The molecule has 0 N–H and O–H groups in total. The average molecular weight is 229 g/mol. The van der Waals surface area contributed by atoms with Crippen molar-refractivity contribution in [3.63, 3.8) is 0 Å². The van der Waals surface area contributed by atoms with Crippen LogP contribution in [0, 0.1) is 6.92 Å². The Bertz CT molecular complexity index is 243. The summed E-state index contributed by atoms with van der Waals surface area (Å²) in [6.07, 6.45) is 0. The fourth-order valence-corrected chi connectivity index (χ4v) is 1.16. The molecule has 0 saturated carbocycles. The summed E-state index contributed by atoms with van der Waals surface area (Å²) in [4.78, 5) is 0.439. The minimum atomic E-state index is 0.415. The van der Waals surface area contributed by atoms with Gasteiger partial charge < -0.3 is 0 Å². The Kier molecular flexibility index (Phi) is 3.20. The largest absolute Gasteiger partial charge is 0.156 e. The molecule has 0 radical (unpaired) electrons. The third kappa shape index (κ3) is 2.27. The highest BCUT2D eigenvalue weighted by molar-refractivity contribution is 9.09. The van der Waals surface area contributed by atoms with Crippen LogP contribution in [0.1, 0.15) is 31.2 Å². The molecule has 2 atom stereocenters. The van der Waals surface area contributed by atoms with Gasteiger partial charge in [-0.3, -0.25) is 0 Å². The van der Waals surface area contributed by atoms with Crippen LogP contribution in [0.2, 0.25) is 0 Å². The van der Waals surface area contributed by atoms with Crippen LogP contribution < -0.4 is 0 Å². The topological polar surface area (TPSA) is 25.8 Å². The predicted octanol–water partition coefficient (Wildman–Crippen LogP) is 2.67. The van der Waals surface area contributed by atoms with E-state index < -0.39 is 0 Å². The molecule has 12 heavy (non-hydrogen) atoms. The molecule has 0 amide bonds. The van der Waals surface area contributed by atoms with E-state index in [1.807, 2.05) is 19.1 Å². The fraction of sp³-hybridized carbons (Fsp3) is 0.556. The molecular formula is C9H13BrN2. The first kappa shape index (κ1) is 9.65. The van der Waals surface area contributed by atoms with Gasteiger partial charge in [-0.1, -0.05) is 29.8 Å². The molecule has 0 bridgehead atoms. The summed E-state index contributed by atoms with van der Waals surface area (Å²) in [5.74, 6) is 0.415. The van der Waals surface area contributed by atoms with Gasteiger partial charge in [0, 0.05) is 10.7 Å². The number of nitrogens with zero attached hydrogens (tertiary/aromatic N) is 2. The van der Waals surface area contributed by atoms with Crippen LogP contribution in [0.4, 0.5) is 0 Å². The van der Waals surface area contributed by atoms with Crippen LogP contribution in [-0.2, 0) is 0 Å². The Morgan fingerprint density at radius 3 is 2.33 bits per heavy atom. The molecule has 3 heteroatoms. The van der Waals surface area contributed by atoms with Crippen molar-refractivity contribution in [1.29, 1.82) is 0 Å². The van der Waals surface area contributed by atoms with Gasteiger partial charge in [0.2, 0.25) is 0 Å². The van der Waals surface area contributed by atoms with Crippen LogP contribution in [0.15, 0.2) is 12.1 Å². The maximum absolute atomic E-state index is 4.12. The van der Waals surface area contributed by atoms with E-state index in [0.29, 0.717) is 10.7 Å². The lowest BCUT2D eigenvalue weighted by Gasteiger charge is -2.12. The minimum Gasteiger partial charge on any atom is -0.156 e. The van der Waals surface area contributed by atoms with Gasteiger partial charge in [0.05, 0.1) is 11.4 Å². The van der Waals surface area contributed by atoms with E-state index in [4.69, 9.17) is 0 Å². The summed E-state index contributed by atoms with van der Waals surface area (Å²) >= 11 is 3.53. The third-order valence-electron chi connectivity index (χ3n) is 1.97. The summed E-state index contributed by atoms with van der Waals surface area (Å²) in [6.45, 7) is 6.20. The quantitative estimate of drug-likeness (QED) is 0.728. The van der Waals surface area contributed by atoms with Crippen LogP contribution in [-0.4, -0.2) is 15.0 Å². The van der Waals surface area contributed by atoms with Crippen LogP contribution in [0.5, 0.6) is 0 Å². The molecule has 0 aliphatic rings. The van der Waals surface area contributed by atoms with Crippen molar-refractivity contribution in [2.75, 3.05) is 0 Å². The number of halogens is 1. The number of hydrogen-bond donors (Lipinski definition) is 0. The van der Waals surface area contributed by atoms with Gasteiger partial charge in [-0.05, 0) is 19.1 Å². The summed E-state index contributed by atoms with van der Waals surface area (Å²) in [5, 5.41) is 8.13. The first-order valence-corrected chi connectivity index (χ1v) is 4.97. The smallest absolute Gasteiger partial charge is 0.0670 e. The van der Waals surface area contributed by atoms with Crippen molar-refractivity contribution in [3.05, 3.63) is 23.5 Å². The molecule has 0 saturated heterocycles. The van der Waals surface area contributed by atoms with Crippen LogP contribution >= 0.6 is 15.9 Å². The molecule has 1 aromatic heterocycles. The Labute approximate surface area is 81.5 Å². The zero-order chi connectivity index (χ0) is 9.14. The van der Waals surface area contributed by atoms with E-state index in [1.165, 1.54) is 0 Å². The number of alkyl halides is 1. The average Bonchev–Trinajstić information content (AvgIpc) is 2.04. The van der Waals surface area contributed by atoms with Gasteiger partial charge in [-0.2, -0.15) is 10.2 Å². The highest BCUT2D eigenvalue weighted by Crippen LogP contribution is 2.21. The Balaban J connectivity index is 2.82. The predicted molar refractivity (Wildman–Crippen MR) is 53.6 cm³/mol. The summed E-state index contributed by atoms with van der Waals surface area (Å²) in [5.41, 5.74) is 2.01. The van der Waals surface area contributed by atoms with Crippen LogP contribution in [0.3, 0.4) is 0 Å². The van der Waals surface area contributed by atoms with Gasteiger partial charge in [-0.25, -0.2) is 0 Å². The first-order chi connectivity index (χ1) is 5.61. The summed E-state index contributed by atoms with van der Waals surface area (Å²) < 4.78 is 0. The number of hydrogen-bond acceptors (Lipinski definition) is 2. The van der Waals surface area contributed by atoms with Gasteiger partial charge in [-0.15, -0.1) is 0 Å². The second-order valence-electron chi connectivity index (χ2n) is 3.07. The van der Waals surface area contributed by atoms with E-state index in [9.17, 15) is 0 Å². The van der Waals surface area contributed by atoms with E-state index in [0.717, 1.165) is 11.4 Å². The number of aryl methyl sites for hydroxylation is 1. The second kappa shape index (κ2) is 3.99. The fourth-order valence-electron chi connectivity index (χ4n) is 0.887. The second-order valence-corrected chi connectivity index (χ2v) is 4.51. The Hall–Kier alpha value is -0.440. The van der Waals surface area contributed by atoms with Gasteiger partial charge in [0.15, 0.2) is 0 Å². The maximum Gasteiger partial charge on any atom is 0.0670 e. The van der Waals surface area contributed by atoms with Crippen molar-refractivity contribution in [2.45, 2.75) is 31.5 Å². The van der Waals surface area contributed by atoms with E-state index in [1.54, 1.807) is 0 Å². The lowest BCUT2D eigenvalue weighted by molar-refractivity contribution is 0.709. The molecule has 0 aromatic carbocycles. The molecule has 0 aliphatic heterocycles. The normalized spacial score (nSPS) is 15.7. The SMILES string of the molecule is Cc1ccc(C(C)C(C)Br)nn1. The first-order valence-electron chi connectivity index (χ1n) is 4.05. The molecule has 1 aromatic rings. The molecular weight excluding hydrogens is 216 g/mol. The molecule has 2 nitrogen and oxygen atoms in total. The van der Waals surface area contributed by atoms with Crippen molar-refractivity contribution >= 4 is 15.9 Å². The molecule has 66 valence electrons. The van der Waals surface area contributed by atoms with Crippen molar-refractivity contribution in [2.24, 2.45) is 0 Å². The summed E-state index contributed by atoms with van der Waals surface area (Å²) in [7, 11) is 0. The Morgan fingerprint density at radius 2 is 1.92 bits per heavy atom. The van der Waals surface area contributed by atoms with Crippen LogP contribution in [0.25, 0.3) is 0 Å².